The van der Waals surface area contributed by atoms with Gasteiger partial charge in [-0.1, -0.05) is 18.2 Å². The van der Waals surface area contributed by atoms with Gasteiger partial charge in [-0.05, 0) is 67.7 Å². The molecule has 0 radical (unpaired) electrons. The summed E-state index contributed by atoms with van der Waals surface area (Å²) in [7, 11) is 0. The topological polar surface area (TPSA) is 20.2 Å². The summed E-state index contributed by atoms with van der Waals surface area (Å²) in [6, 6.07) is 8.56. The molecule has 0 saturated heterocycles. The zero-order valence-corrected chi connectivity index (χ0v) is 12.4. The van der Waals surface area contributed by atoms with Gasteiger partial charge in [-0.3, -0.25) is 0 Å². The van der Waals surface area contributed by atoms with Crippen LogP contribution in [0.2, 0.25) is 0 Å². The Balaban J connectivity index is 2.04. The predicted molar refractivity (Wildman–Crippen MR) is 80.8 cm³/mol. The number of rotatable bonds is 2. The van der Waals surface area contributed by atoms with Gasteiger partial charge >= 0.3 is 0 Å². The Hall–Kier alpha value is -1.12. The number of aliphatic hydroxyl groups is 1. The highest BCUT2D eigenvalue weighted by molar-refractivity contribution is 7.10. The third kappa shape index (κ3) is 2.24. The van der Waals surface area contributed by atoms with Crippen LogP contribution in [0.5, 0.6) is 0 Å². The maximum Gasteiger partial charge on any atom is 0.113 e. The Kier molecular flexibility index (Phi) is 3.23. The lowest BCUT2D eigenvalue weighted by atomic mass is 9.83. The maximum absolute atomic E-state index is 10.9. The molecule has 0 spiro atoms. The van der Waals surface area contributed by atoms with Gasteiger partial charge in [-0.15, -0.1) is 11.3 Å². The van der Waals surface area contributed by atoms with Gasteiger partial charge in [0.05, 0.1) is 0 Å². The number of hydrogen-bond donors (Lipinski definition) is 1. The lowest BCUT2D eigenvalue weighted by molar-refractivity contribution is 0.102. The summed E-state index contributed by atoms with van der Waals surface area (Å²) in [5.41, 5.74) is 4.07. The molecule has 1 aliphatic carbocycles. The van der Waals surface area contributed by atoms with E-state index in [1.165, 1.54) is 35.3 Å². The SMILES string of the molecule is Cc1sccc1C(C)(O)c1ccc2c(c1)CCCC2. The minimum Gasteiger partial charge on any atom is -0.381 e. The fourth-order valence-electron chi connectivity index (χ4n) is 3.08. The maximum atomic E-state index is 10.9. The standard InChI is InChI=1S/C17H20OS/c1-12-16(9-10-19-12)17(2,18)15-8-7-13-5-3-4-6-14(13)11-15/h7-11,18H,3-6H2,1-2H3. The third-order valence-electron chi connectivity index (χ3n) is 4.29. The Morgan fingerprint density at radius 2 is 1.84 bits per heavy atom. The molecule has 0 bridgehead atoms. The van der Waals surface area contributed by atoms with Crippen molar-refractivity contribution in [3.63, 3.8) is 0 Å². The molecule has 2 heteroatoms. The summed E-state index contributed by atoms with van der Waals surface area (Å²) < 4.78 is 0. The van der Waals surface area contributed by atoms with Gasteiger partial charge < -0.3 is 5.11 Å². The van der Waals surface area contributed by atoms with Gasteiger partial charge in [0, 0.05) is 10.4 Å². The van der Waals surface area contributed by atoms with E-state index in [2.05, 4.69) is 30.5 Å². The number of benzene rings is 1. The van der Waals surface area contributed by atoms with Gasteiger partial charge in [0.1, 0.15) is 5.60 Å². The van der Waals surface area contributed by atoms with Crippen molar-refractivity contribution in [1.29, 1.82) is 0 Å². The second-order valence-electron chi connectivity index (χ2n) is 5.65. The Bertz CT molecular complexity index is 595. The Morgan fingerprint density at radius 1 is 1.11 bits per heavy atom. The summed E-state index contributed by atoms with van der Waals surface area (Å²) in [6.07, 6.45) is 4.92. The zero-order chi connectivity index (χ0) is 13.5. The molecule has 0 aliphatic heterocycles. The van der Waals surface area contributed by atoms with Crippen LogP contribution in [0.25, 0.3) is 0 Å². The second kappa shape index (κ2) is 4.77. The number of thiophene rings is 1. The van der Waals surface area contributed by atoms with Crippen molar-refractivity contribution in [3.8, 4) is 0 Å². The van der Waals surface area contributed by atoms with Crippen molar-refractivity contribution < 1.29 is 5.11 Å². The number of fused-ring (bicyclic) bond motifs is 1. The molecule has 1 aromatic carbocycles. The van der Waals surface area contributed by atoms with Crippen LogP contribution in [0.3, 0.4) is 0 Å². The van der Waals surface area contributed by atoms with Crippen molar-refractivity contribution in [1.82, 2.24) is 0 Å². The van der Waals surface area contributed by atoms with E-state index in [1.54, 1.807) is 11.3 Å². The predicted octanol–water partition coefficient (Wildman–Crippen LogP) is 4.19. The van der Waals surface area contributed by atoms with E-state index in [0.717, 1.165) is 17.5 Å². The van der Waals surface area contributed by atoms with E-state index in [9.17, 15) is 5.11 Å². The Morgan fingerprint density at radius 3 is 2.53 bits per heavy atom. The van der Waals surface area contributed by atoms with Crippen molar-refractivity contribution in [2.45, 2.75) is 45.1 Å². The summed E-state index contributed by atoms with van der Waals surface area (Å²) in [5, 5.41) is 13.0. The second-order valence-corrected chi connectivity index (χ2v) is 6.77. The van der Waals surface area contributed by atoms with Crippen LogP contribution in [-0.2, 0) is 18.4 Å². The van der Waals surface area contributed by atoms with Crippen molar-refractivity contribution in [3.05, 3.63) is 56.8 Å². The van der Waals surface area contributed by atoms with Gasteiger partial charge in [-0.25, -0.2) is 0 Å². The van der Waals surface area contributed by atoms with Gasteiger partial charge in [0.2, 0.25) is 0 Å². The number of hydrogen-bond acceptors (Lipinski definition) is 2. The molecule has 1 aromatic heterocycles. The van der Waals surface area contributed by atoms with Crippen LogP contribution in [0.15, 0.2) is 29.6 Å². The summed E-state index contributed by atoms with van der Waals surface area (Å²) >= 11 is 1.69. The molecule has 3 rings (SSSR count). The van der Waals surface area contributed by atoms with E-state index in [0.29, 0.717) is 0 Å². The molecule has 0 saturated carbocycles. The van der Waals surface area contributed by atoms with Crippen molar-refractivity contribution >= 4 is 11.3 Å². The summed E-state index contributed by atoms with van der Waals surface area (Å²) in [5.74, 6) is 0. The molecule has 19 heavy (non-hydrogen) atoms. The average Bonchev–Trinajstić information content (AvgIpc) is 2.85. The van der Waals surface area contributed by atoms with E-state index < -0.39 is 5.60 Å². The van der Waals surface area contributed by atoms with Crippen molar-refractivity contribution in [2.24, 2.45) is 0 Å². The van der Waals surface area contributed by atoms with Gasteiger partial charge in [-0.2, -0.15) is 0 Å². The summed E-state index contributed by atoms with van der Waals surface area (Å²) in [6.45, 7) is 3.99. The largest absolute Gasteiger partial charge is 0.381 e. The molecule has 2 aromatic rings. The highest BCUT2D eigenvalue weighted by Crippen LogP contribution is 2.35. The van der Waals surface area contributed by atoms with Crippen LogP contribution >= 0.6 is 11.3 Å². The fraction of sp³-hybridized carbons (Fsp3) is 0.412. The monoisotopic (exact) mass is 272 g/mol. The molecule has 0 fully saturated rings. The minimum atomic E-state index is -0.878. The molecular formula is C17H20OS. The lowest BCUT2D eigenvalue weighted by Gasteiger charge is -2.26. The molecule has 1 heterocycles. The van der Waals surface area contributed by atoms with E-state index in [1.807, 2.05) is 13.0 Å². The normalized spacial score (nSPS) is 17.8. The smallest absolute Gasteiger partial charge is 0.113 e. The fourth-order valence-corrected chi connectivity index (χ4v) is 3.88. The molecule has 1 atom stereocenters. The van der Waals surface area contributed by atoms with E-state index in [4.69, 9.17) is 0 Å². The minimum absolute atomic E-state index is 0.878. The first-order valence-electron chi connectivity index (χ1n) is 6.98. The first kappa shape index (κ1) is 12.9. The molecular weight excluding hydrogens is 252 g/mol. The van der Waals surface area contributed by atoms with Crippen molar-refractivity contribution in [2.75, 3.05) is 0 Å². The van der Waals surface area contributed by atoms with Crippen LogP contribution in [-0.4, -0.2) is 5.11 Å². The summed E-state index contributed by atoms with van der Waals surface area (Å²) in [4.78, 5) is 1.20. The highest BCUT2D eigenvalue weighted by atomic mass is 32.1. The van der Waals surface area contributed by atoms with Crippen LogP contribution < -0.4 is 0 Å². The molecule has 100 valence electrons. The van der Waals surface area contributed by atoms with Crippen LogP contribution in [0, 0.1) is 6.92 Å². The highest BCUT2D eigenvalue weighted by Gasteiger charge is 2.28. The van der Waals surface area contributed by atoms with Gasteiger partial charge in [0.15, 0.2) is 0 Å². The lowest BCUT2D eigenvalue weighted by Crippen LogP contribution is -2.23. The van der Waals surface area contributed by atoms with E-state index >= 15 is 0 Å². The first-order chi connectivity index (χ1) is 9.09. The zero-order valence-electron chi connectivity index (χ0n) is 11.6. The van der Waals surface area contributed by atoms with Gasteiger partial charge in [0.25, 0.3) is 0 Å². The molecule has 1 nitrogen and oxygen atoms in total. The molecule has 1 aliphatic rings. The van der Waals surface area contributed by atoms with Crippen LogP contribution in [0.4, 0.5) is 0 Å². The average molecular weight is 272 g/mol. The van der Waals surface area contributed by atoms with Crippen LogP contribution in [0.1, 0.15) is 46.9 Å². The number of aryl methyl sites for hydroxylation is 3. The molecule has 0 amide bonds. The molecule has 1 N–H and O–H groups in total. The molecule has 1 unspecified atom stereocenters. The quantitative estimate of drug-likeness (QED) is 0.869. The van der Waals surface area contributed by atoms with E-state index in [-0.39, 0.29) is 0 Å². The first-order valence-corrected chi connectivity index (χ1v) is 7.86. The third-order valence-corrected chi connectivity index (χ3v) is 5.14. The Labute approximate surface area is 118 Å².